The van der Waals surface area contributed by atoms with Crippen LogP contribution in [0.4, 0.5) is 5.13 Å². The number of benzene rings is 2. The molecule has 174 valence electrons. The van der Waals surface area contributed by atoms with Gasteiger partial charge in [0.25, 0.3) is 0 Å². The highest BCUT2D eigenvalue weighted by Crippen LogP contribution is 2.37. The molecule has 4 aromatic rings. The number of rotatable bonds is 8. The number of amides is 2. The zero-order chi connectivity index (χ0) is 24.2. The van der Waals surface area contributed by atoms with E-state index in [1.807, 2.05) is 43.3 Å². The number of anilines is 1. The van der Waals surface area contributed by atoms with Gasteiger partial charge < -0.3 is 19.6 Å². The van der Waals surface area contributed by atoms with Crippen LogP contribution in [-0.2, 0) is 16.0 Å². The molecule has 34 heavy (non-hydrogen) atoms. The van der Waals surface area contributed by atoms with Crippen molar-refractivity contribution in [1.82, 2.24) is 4.98 Å². The molecule has 2 aromatic heterocycles. The van der Waals surface area contributed by atoms with Crippen molar-refractivity contribution in [3.8, 4) is 22.6 Å². The number of methoxy groups -OCH3 is 2. The third-order valence-corrected chi connectivity index (χ3v) is 6.01. The molecule has 0 unspecified atom stereocenters. The molecular formula is C25H23N3O5S. The zero-order valence-electron chi connectivity index (χ0n) is 18.9. The molecule has 8 nitrogen and oxygen atoms in total. The fourth-order valence-corrected chi connectivity index (χ4v) is 4.28. The second-order valence-corrected chi connectivity index (χ2v) is 8.39. The normalized spacial score (nSPS) is 11.4. The van der Waals surface area contributed by atoms with Crippen LogP contribution in [0.5, 0.6) is 11.5 Å². The van der Waals surface area contributed by atoms with E-state index in [9.17, 15) is 9.59 Å². The Labute approximate surface area is 200 Å². The number of hydrogen-bond donors (Lipinski definition) is 2. The van der Waals surface area contributed by atoms with Gasteiger partial charge >= 0.3 is 0 Å². The van der Waals surface area contributed by atoms with Crippen LogP contribution < -0.4 is 20.5 Å². The number of nitrogens with two attached hydrogens (primary N) is 1. The SMILES string of the molecule is COc1ccc(-c2coc3cc(OC)c(/C(C)=C/C(=O)Nc4nc(CC(N)=O)cs4)cc23)cc1. The minimum atomic E-state index is -0.477. The predicted octanol–water partition coefficient (Wildman–Crippen LogP) is 4.64. The monoisotopic (exact) mass is 477 g/mol. The summed E-state index contributed by atoms with van der Waals surface area (Å²) in [6.45, 7) is 1.83. The molecule has 0 fully saturated rings. The summed E-state index contributed by atoms with van der Waals surface area (Å²) in [5.41, 5.74) is 9.74. The molecule has 0 radical (unpaired) electrons. The summed E-state index contributed by atoms with van der Waals surface area (Å²) in [4.78, 5) is 27.9. The summed E-state index contributed by atoms with van der Waals surface area (Å²) >= 11 is 1.23. The van der Waals surface area contributed by atoms with E-state index in [0.717, 1.165) is 27.8 Å². The van der Waals surface area contributed by atoms with E-state index in [2.05, 4.69) is 10.3 Å². The largest absolute Gasteiger partial charge is 0.497 e. The number of aromatic nitrogens is 1. The fourth-order valence-electron chi connectivity index (χ4n) is 3.57. The Kier molecular flexibility index (Phi) is 6.65. The summed E-state index contributed by atoms with van der Waals surface area (Å²) in [5, 5.41) is 5.70. The van der Waals surface area contributed by atoms with E-state index in [0.29, 0.717) is 27.7 Å². The van der Waals surface area contributed by atoms with Crippen molar-refractivity contribution in [2.24, 2.45) is 5.73 Å². The molecule has 2 heterocycles. The molecule has 2 amide bonds. The number of carbonyl (C=O) groups excluding carboxylic acids is 2. The number of thiazole rings is 1. The maximum atomic E-state index is 12.6. The van der Waals surface area contributed by atoms with Gasteiger partial charge in [-0.1, -0.05) is 12.1 Å². The molecule has 0 bridgehead atoms. The van der Waals surface area contributed by atoms with Crippen molar-refractivity contribution in [3.63, 3.8) is 0 Å². The van der Waals surface area contributed by atoms with Gasteiger partial charge in [0.1, 0.15) is 17.1 Å². The first kappa shape index (κ1) is 23.1. The highest BCUT2D eigenvalue weighted by atomic mass is 32.1. The van der Waals surface area contributed by atoms with E-state index in [1.54, 1.807) is 25.9 Å². The van der Waals surface area contributed by atoms with Gasteiger partial charge in [-0.3, -0.25) is 14.9 Å². The summed E-state index contributed by atoms with van der Waals surface area (Å²) < 4.78 is 16.6. The lowest BCUT2D eigenvalue weighted by molar-refractivity contribution is -0.117. The molecule has 0 atom stereocenters. The Bertz CT molecular complexity index is 1390. The van der Waals surface area contributed by atoms with E-state index < -0.39 is 5.91 Å². The van der Waals surface area contributed by atoms with Crippen molar-refractivity contribution in [3.05, 3.63) is 65.4 Å². The second kappa shape index (κ2) is 9.80. The predicted molar refractivity (Wildman–Crippen MR) is 132 cm³/mol. The van der Waals surface area contributed by atoms with Crippen LogP contribution in [0.3, 0.4) is 0 Å². The van der Waals surface area contributed by atoms with Crippen LogP contribution in [0, 0.1) is 0 Å². The molecule has 4 rings (SSSR count). The van der Waals surface area contributed by atoms with Gasteiger partial charge in [-0.25, -0.2) is 4.98 Å². The molecule has 0 aliphatic rings. The number of nitrogens with zero attached hydrogens (tertiary/aromatic N) is 1. The van der Waals surface area contributed by atoms with Crippen molar-refractivity contribution in [2.45, 2.75) is 13.3 Å². The van der Waals surface area contributed by atoms with Crippen LogP contribution in [0.2, 0.25) is 0 Å². The van der Waals surface area contributed by atoms with Gasteiger partial charge in [-0.2, -0.15) is 0 Å². The van der Waals surface area contributed by atoms with E-state index in [-0.39, 0.29) is 12.3 Å². The van der Waals surface area contributed by atoms with Gasteiger partial charge in [0, 0.05) is 34.0 Å². The summed E-state index contributed by atoms with van der Waals surface area (Å²) in [6.07, 6.45) is 3.21. The Morgan fingerprint density at radius 2 is 1.94 bits per heavy atom. The average molecular weight is 478 g/mol. The number of allylic oxidation sites excluding steroid dienone is 1. The minimum absolute atomic E-state index is 0.0275. The first-order valence-corrected chi connectivity index (χ1v) is 11.2. The van der Waals surface area contributed by atoms with Crippen molar-refractivity contribution in [1.29, 1.82) is 0 Å². The molecule has 0 aliphatic carbocycles. The Morgan fingerprint density at radius 3 is 2.62 bits per heavy atom. The van der Waals surface area contributed by atoms with Gasteiger partial charge in [0.15, 0.2) is 5.13 Å². The average Bonchev–Trinajstić information content (AvgIpc) is 3.43. The quantitative estimate of drug-likeness (QED) is 0.357. The number of nitrogens with one attached hydrogen (secondary N) is 1. The van der Waals surface area contributed by atoms with E-state index in [4.69, 9.17) is 19.6 Å². The summed E-state index contributed by atoms with van der Waals surface area (Å²) in [5.74, 6) is 0.533. The van der Waals surface area contributed by atoms with Gasteiger partial charge in [-0.05, 0) is 36.3 Å². The van der Waals surface area contributed by atoms with Crippen LogP contribution in [0.25, 0.3) is 27.7 Å². The first-order valence-electron chi connectivity index (χ1n) is 10.3. The molecule has 9 heteroatoms. The fraction of sp³-hybridized carbons (Fsp3) is 0.160. The number of primary amides is 1. The first-order chi connectivity index (χ1) is 16.4. The second-order valence-electron chi connectivity index (χ2n) is 7.53. The summed E-state index contributed by atoms with van der Waals surface area (Å²) in [7, 11) is 3.20. The van der Waals surface area contributed by atoms with E-state index in [1.165, 1.54) is 17.4 Å². The number of ether oxygens (including phenoxy) is 2. The van der Waals surface area contributed by atoms with Gasteiger partial charge in [-0.15, -0.1) is 11.3 Å². The molecule has 0 spiro atoms. The number of hydrogen-bond acceptors (Lipinski definition) is 7. The van der Waals surface area contributed by atoms with Gasteiger partial charge in [0.05, 0.1) is 32.6 Å². The lowest BCUT2D eigenvalue weighted by Crippen LogP contribution is -2.14. The maximum absolute atomic E-state index is 12.6. The lowest BCUT2D eigenvalue weighted by Gasteiger charge is -2.10. The number of fused-ring (bicyclic) bond motifs is 1. The third kappa shape index (κ3) is 4.94. The van der Waals surface area contributed by atoms with Crippen molar-refractivity contribution >= 4 is 44.8 Å². The van der Waals surface area contributed by atoms with Gasteiger partial charge in [0.2, 0.25) is 11.8 Å². The Balaban J connectivity index is 1.63. The standard InChI is InChI=1S/C25H23N3O5S/c1-14(8-24(30)28-25-27-16(13-34-25)9-23(26)29)18-10-19-20(12-33-22(19)11-21(18)32-3)15-4-6-17(31-2)7-5-15/h4-8,10-13H,9H2,1-3H3,(H2,26,29)(H,27,28,30)/b14-8+. The molecule has 0 saturated heterocycles. The zero-order valence-corrected chi connectivity index (χ0v) is 19.7. The molecule has 0 saturated carbocycles. The maximum Gasteiger partial charge on any atom is 0.250 e. The highest BCUT2D eigenvalue weighted by Gasteiger charge is 2.15. The number of furan rings is 1. The minimum Gasteiger partial charge on any atom is -0.497 e. The topological polar surface area (TPSA) is 117 Å². The summed E-state index contributed by atoms with van der Waals surface area (Å²) in [6, 6.07) is 11.5. The van der Waals surface area contributed by atoms with Crippen LogP contribution in [0.1, 0.15) is 18.2 Å². The molecule has 2 aromatic carbocycles. The molecule has 0 aliphatic heterocycles. The van der Waals surface area contributed by atoms with Crippen LogP contribution >= 0.6 is 11.3 Å². The van der Waals surface area contributed by atoms with E-state index >= 15 is 0 Å². The van der Waals surface area contributed by atoms with Crippen LogP contribution in [0.15, 0.2) is 58.5 Å². The van der Waals surface area contributed by atoms with Crippen molar-refractivity contribution in [2.75, 3.05) is 19.5 Å². The Hall–Kier alpha value is -4.11. The highest BCUT2D eigenvalue weighted by molar-refractivity contribution is 7.14. The lowest BCUT2D eigenvalue weighted by atomic mass is 9.99. The smallest absolute Gasteiger partial charge is 0.250 e. The van der Waals surface area contributed by atoms with Crippen LogP contribution in [-0.4, -0.2) is 31.0 Å². The Morgan fingerprint density at radius 1 is 1.18 bits per heavy atom. The molecule has 3 N–H and O–H groups in total. The van der Waals surface area contributed by atoms with Crippen molar-refractivity contribution < 1.29 is 23.5 Å². The molecular weight excluding hydrogens is 454 g/mol. The third-order valence-electron chi connectivity index (χ3n) is 5.21. The number of carbonyl (C=O) groups is 2.